The largest absolute Gasteiger partial charge is 0.310 e. The van der Waals surface area contributed by atoms with E-state index in [0.717, 1.165) is 13.0 Å². The van der Waals surface area contributed by atoms with Gasteiger partial charge >= 0.3 is 0 Å². The topological polar surface area (TPSA) is 12.0 Å². The second-order valence-electron chi connectivity index (χ2n) is 5.50. The van der Waals surface area contributed by atoms with Crippen LogP contribution in [0.5, 0.6) is 0 Å². The van der Waals surface area contributed by atoms with E-state index in [2.05, 4.69) is 69.4 Å². The van der Waals surface area contributed by atoms with E-state index < -0.39 is 0 Å². The molecule has 108 valence electrons. The monoisotopic (exact) mass is 287 g/mol. The molecular formula is C18H25NS. The molecule has 1 atom stereocenters. The summed E-state index contributed by atoms with van der Waals surface area (Å²) >= 11 is 1.92. The zero-order valence-corrected chi connectivity index (χ0v) is 13.8. The standard InChI is InChI=1S/C18H25NS/c1-5-16(19-6-2)18-11-10-17(20-18)15-9-7-8-14(12-15)13(3)4/h7-13,16,19H,5-6H2,1-4H3. The third-order valence-electron chi connectivity index (χ3n) is 3.67. The fourth-order valence-corrected chi connectivity index (χ4v) is 3.60. The maximum atomic E-state index is 3.55. The van der Waals surface area contributed by atoms with E-state index in [1.165, 1.54) is 20.9 Å². The van der Waals surface area contributed by atoms with Crippen LogP contribution in [0.4, 0.5) is 0 Å². The molecule has 0 fully saturated rings. The summed E-state index contributed by atoms with van der Waals surface area (Å²) in [5, 5.41) is 3.55. The van der Waals surface area contributed by atoms with Gasteiger partial charge in [-0.3, -0.25) is 0 Å². The molecule has 1 unspecified atom stereocenters. The minimum Gasteiger partial charge on any atom is -0.310 e. The Morgan fingerprint density at radius 2 is 1.90 bits per heavy atom. The molecule has 0 radical (unpaired) electrons. The summed E-state index contributed by atoms with van der Waals surface area (Å²) in [4.78, 5) is 2.82. The molecule has 1 heterocycles. The van der Waals surface area contributed by atoms with Gasteiger partial charge in [0.1, 0.15) is 0 Å². The lowest BCUT2D eigenvalue weighted by Crippen LogP contribution is -2.18. The lowest BCUT2D eigenvalue weighted by Gasteiger charge is -2.13. The first-order chi connectivity index (χ1) is 9.65. The molecule has 1 nitrogen and oxygen atoms in total. The highest BCUT2D eigenvalue weighted by atomic mass is 32.1. The fraction of sp³-hybridized carbons (Fsp3) is 0.444. The maximum Gasteiger partial charge on any atom is 0.0412 e. The molecule has 0 saturated heterocycles. The minimum atomic E-state index is 0.493. The normalized spacial score (nSPS) is 12.8. The SMILES string of the molecule is CCNC(CC)c1ccc(-c2cccc(C(C)C)c2)s1. The molecule has 0 aliphatic heterocycles. The fourth-order valence-electron chi connectivity index (χ4n) is 2.44. The molecule has 0 saturated carbocycles. The van der Waals surface area contributed by atoms with Crippen molar-refractivity contribution in [2.45, 2.75) is 46.1 Å². The number of thiophene rings is 1. The number of rotatable bonds is 6. The zero-order chi connectivity index (χ0) is 14.5. The van der Waals surface area contributed by atoms with E-state index >= 15 is 0 Å². The van der Waals surface area contributed by atoms with Crippen molar-refractivity contribution in [1.82, 2.24) is 5.32 Å². The van der Waals surface area contributed by atoms with Crippen LogP contribution >= 0.6 is 11.3 Å². The van der Waals surface area contributed by atoms with Gasteiger partial charge in [-0.05, 0) is 42.1 Å². The average molecular weight is 287 g/mol. The zero-order valence-electron chi connectivity index (χ0n) is 12.9. The molecule has 0 spiro atoms. The predicted octanol–water partition coefficient (Wildman–Crippen LogP) is 5.60. The van der Waals surface area contributed by atoms with Gasteiger partial charge in [0.05, 0.1) is 0 Å². The second kappa shape index (κ2) is 7.05. The van der Waals surface area contributed by atoms with Crippen molar-refractivity contribution in [3.05, 3.63) is 46.8 Å². The van der Waals surface area contributed by atoms with Gasteiger partial charge in [-0.1, -0.05) is 52.0 Å². The van der Waals surface area contributed by atoms with Gasteiger partial charge in [-0.2, -0.15) is 0 Å². The van der Waals surface area contributed by atoms with E-state index in [4.69, 9.17) is 0 Å². The summed E-state index contributed by atoms with van der Waals surface area (Å²) in [7, 11) is 0. The van der Waals surface area contributed by atoms with Crippen LogP contribution in [0.2, 0.25) is 0 Å². The van der Waals surface area contributed by atoms with E-state index in [1.807, 2.05) is 11.3 Å². The van der Waals surface area contributed by atoms with E-state index in [0.29, 0.717) is 12.0 Å². The molecule has 1 aromatic heterocycles. The predicted molar refractivity (Wildman–Crippen MR) is 90.6 cm³/mol. The lowest BCUT2D eigenvalue weighted by molar-refractivity contribution is 0.545. The highest BCUT2D eigenvalue weighted by molar-refractivity contribution is 7.15. The first kappa shape index (κ1) is 15.3. The summed E-state index contributed by atoms with van der Waals surface area (Å²) in [6, 6.07) is 14.0. The second-order valence-corrected chi connectivity index (χ2v) is 6.62. The van der Waals surface area contributed by atoms with Crippen molar-refractivity contribution >= 4 is 11.3 Å². The van der Waals surface area contributed by atoms with Gasteiger partial charge in [0, 0.05) is 15.8 Å². The number of hydrogen-bond acceptors (Lipinski definition) is 2. The molecule has 0 amide bonds. The molecular weight excluding hydrogens is 262 g/mol. The maximum absolute atomic E-state index is 3.55. The van der Waals surface area contributed by atoms with Gasteiger partial charge < -0.3 is 5.32 Å². The quantitative estimate of drug-likeness (QED) is 0.729. The van der Waals surface area contributed by atoms with Gasteiger partial charge in [0.2, 0.25) is 0 Å². The van der Waals surface area contributed by atoms with E-state index in [1.54, 1.807) is 0 Å². The van der Waals surface area contributed by atoms with Crippen molar-refractivity contribution < 1.29 is 0 Å². The van der Waals surface area contributed by atoms with Crippen molar-refractivity contribution in [3.63, 3.8) is 0 Å². The molecule has 2 rings (SSSR count). The summed E-state index contributed by atoms with van der Waals surface area (Å²) in [5.41, 5.74) is 2.76. The Morgan fingerprint density at radius 3 is 2.55 bits per heavy atom. The number of benzene rings is 1. The van der Waals surface area contributed by atoms with Crippen LogP contribution in [0.3, 0.4) is 0 Å². The lowest BCUT2D eigenvalue weighted by atomic mass is 10.0. The van der Waals surface area contributed by atoms with Crippen molar-refractivity contribution in [1.29, 1.82) is 0 Å². The Kier molecular flexibility index (Phi) is 5.38. The van der Waals surface area contributed by atoms with Crippen LogP contribution < -0.4 is 5.32 Å². The van der Waals surface area contributed by atoms with Crippen LogP contribution in [0, 0.1) is 0 Å². The Balaban J connectivity index is 2.26. The van der Waals surface area contributed by atoms with Crippen LogP contribution in [0.15, 0.2) is 36.4 Å². The summed E-state index contributed by atoms with van der Waals surface area (Å²) in [6.45, 7) is 9.93. The molecule has 2 heteroatoms. The van der Waals surface area contributed by atoms with E-state index in [9.17, 15) is 0 Å². The number of nitrogens with one attached hydrogen (secondary N) is 1. The summed E-state index contributed by atoms with van der Waals surface area (Å²) < 4.78 is 0. The number of hydrogen-bond donors (Lipinski definition) is 1. The molecule has 20 heavy (non-hydrogen) atoms. The summed E-state index contributed by atoms with van der Waals surface area (Å²) in [5.74, 6) is 0.583. The van der Waals surface area contributed by atoms with Crippen LogP contribution in [-0.2, 0) is 0 Å². The van der Waals surface area contributed by atoms with Gasteiger partial charge in [0.25, 0.3) is 0 Å². The Labute approximate surface area is 127 Å². The van der Waals surface area contributed by atoms with Crippen molar-refractivity contribution in [2.75, 3.05) is 6.54 Å². The minimum absolute atomic E-state index is 0.493. The highest BCUT2D eigenvalue weighted by Crippen LogP contribution is 2.33. The Bertz CT molecular complexity index is 542. The first-order valence-corrected chi connectivity index (χ1v) is 8.40. The smallest absolute Gasteiger partial charge is 0.0412 e. The molecule has 0 aliphatic carbocycles. The molecule has 0 aliphatic rings. The molecule has 1 aromatic carbocycles. The van der Waals surface area contributed by atoms with Gasteiger partial charge in [-0.25, -0.2) is 0 Å². The third-order valence-corrected chi connectivity index (χ3v) is 4.91. The molecule has 0 bridgehead atoms. The Hall–Kier alpha value is -1.12. The highest BCUT2D eigenvalue weighted by Gasteiger charge is 2.12. The van der Waals surface area contributed by atoms with E-state index in [-0.39, 0.29) is 0 Å². The van der Waals surface area contributed by atoms with Crippen molar-refractivity contribution in [3.8, 4) is 10.4 Å². The first-order valence-electron chi connectivity index (χ1n) is 7.59. The van der Waals surface area contributed by atoms with Crippen LogP contribution in [0.1, 0.15) is 56.5 Å². The van der Waals surface area contributed by atoms with Gasteiger partial charge in [0.15, 0.2) is 0 Å². The molecule has 1 N–H and O–H groups in total. The van der Waals surface area contributed by atoms with Gasteiger partial charge in [-0.15, -0.1) is 11.3 Å². The summed E-state index contributed by atoms with van der Waals surface area (Å²) in [6.07, 6.45) is 1.14. The van der Waals surface area contributed by atoms with Crippen LogP contribution in [0.25, 0.3) is 10.4 Å². The average Bonchev–Trinajstić information content (AvgIpc) is 2.94. The molecule has 2 aromatic rings. The third kappa shape index (κ3) is 3.50. The van der Waals surface area contributed by atoms with Crippen molar-refractivity contribution in [2.24, 2.45) is 0 Å². The van der Waals surface area contributed by atoms with Crippen LogP contribution in [-0.4, -0.2) is 6.54 Å². The Morgan fingerprint density at radius 1 is 1.10 bits per heavy atom.